The predicted molar refractivity (Wildman–Crippen MR) is 47.3 cm³/mol. The fourth-order valence-corrected chi connectivity index (χ4v) is 0.923. The van der Waals surface area contributed by atoms with Gasteiger partial charge in [0.05, 0.1) is 0 Å². The molecular weight excluding hydrogens is 277 g/mol. The molecule has 0 fully saturated rings. The minimum absolute atomic E-state index is 0. The molecule has 0 N–H and O–H groups in total. The lowest BCUT2D eigenvalue weighted by molar-refractivity contribution is -0.671. The Morgan fingerprint density at radius 2 is 2.23 bits per heavy atom. The maximum Gasteiger partial charge on any atom is 0.175 e. The van der Waals surface area contributed by atoms with Gasteiger partial charge in [0.2, 0.25) is 0 Å². The van der Waals surface area contributed by atoms with Crippen LogP contribution in [0.2, 0.25) is 0 Å². The molecule has 1 aromatic rings. The van der Waals surface area contributed by atoms with E-state index in [9.17, 15) is 4.79 Å². The maximum absolute atomic E-state index is 10.6. The third-order valence-electron chi connectivity index (χ3n) is 1.47. The molecule has 0 aliphatic heterocycles. The standard InChI is InChI=1S/C10H12NO.HI/c1-9(12)5-6-10-4-3-7-11(2)8-10;/h3-8H,1-2H3;1H/q+1;/p-1. The van der Waals surface area contributed by atoms with Crippen molar-refractivity contribution in [2.24, 2.45) is 7.05 Å². The van der Waals surface area contributed by atoms with Gasteiger partial charge in [-0.1, -0.05) is 0 Å². The van der Waals surface area contributed by atoms with Crippen LogP contribution in [0.15, 0.2) is 30.6 Å². The largest absolute Gasteiger partial charge is 1.00 e. The highest BCUT2D eigenvalue weighted by molar-refractivity contribution is 5.91. The van der Waals surface area contributed by atoms with Crippen LogP contribution in [-0.4, -0.2) is 5.78 Å². The summed E-state index contributed by atoms with van der Waals surface area (Å²) in [6.45, 7) is 1.54. The van der Waals surface area contributed by atoms with E-state index >= 15 is 0 Å². The number of rotatable bonds is 2. The van der Waals surface area contributed by atoms with E-state index in [1.807, 2.05) is 42.2 Å². The van der Waals surface area contributed by atoms with Gasteiger partial charge in [-0.05, 0) is 25.1 Å². The van der Waals surface area contributed by atoms with E-state index in [0.717, 1.165) is 5.56 Å². The Hall–Kier alpha value is -0.710. The average molecular weight is 289 g/mol. The van der Waals surface area contributed by atoms with Gasteiger partial charge in [-0.15, -0.1) is 0 Å². The van der Waals surface area contributed by atoms with Crippen molar-refractivity contribution < 1.29 is 33.3 Å². The second kappa shape index (κ2) is 5.85. The molecule has 1 heterocycles. The zero-order valence-corrected chi connectivity index (χ0v) is 9.86. The smallest absolute Gasteiger partial charge is 0.175 e. The Kier molecular flexibility index (Phi) is 5.53. The van der Waals surface area contributed by atoms with E-state index in [4.69, 9.17) is 0 Å². The number of hydrogen-bond acceptors (Lipinski definition) is 1. The van der Waals surface area contributed by atoms with Crippen LogP contribution in [0.3, 0.4) is 0 Å². The van der Waals surface area contributed by atoms with Gasteiger partial charge in [0, 0.05) is 11.6 Å². The molecule has 1 aromatic heterocycles. The fourth-order valence-electron chi connectivity index (χ4n) is 0.923. The molecule has 2 nitrogen and oxygen atoms in total. The topological polar surface area (TPSA) is 20.9 Å². The van der Waals surface area contributed by atoms with Crippen LogP contribution < -0.4 is 28.5 Å². The van der Waals surface area contributed by atoms with E-state index < -0.39 is 0 Å². The van der Waals surface area contributed by atoms with Crippen LogP contribution in [0.4, 0.5) is 0 Å². The predicted octanol–water partition coefficient (Wildman–Crippen LogP) is -1.88. The van der Waals surface area contributed by atoms with E-state index in [1.165, 1.54) is 0 Å². The Bertz CT molecular complexity index is 320. The van der Waals surface area contributed by atoms with Crippen LogP contribution in [-0.2, 0) is 11.8 Å². The van der Waals surface area contributed by atoms with E-state index in [0.29, 0.717) is 0 Å². The third kappa shape index (κ3) is 4.77. The lowest BCUT2D eigenvalue weighted by Crippen LogP contribution is -3.00. The molecule has 0 amide bonds. The number of carbonyl (C=O) groups is 1. The number of halogens is 1. The lowest BCUT2D eigenvalue weighted by Gasteiger charge is -1.89. The number of carbonyl (C=O) groups excluding carboxylic acids is 1. The molecule has 0 radical (unpaired) electrons. The Labute approximate surface area is 95.3 Å². The van der Waals surface area contributed by atoms with Crippen LogP contribution in [0, 0.1) is 0 Å². The van der Waals surface area contributed by atoms with Gasteiger partial charge in [0.25, 0.3) is 0 Å². The quantitative estimate of drug-likeness (QED) is 0.355. The molecule has 0 bridgehead atoms. The van der Waals surface area contributed by atoms with Crippen molar-refractivity contribution in [2.45, 2.75) is 6.92 Å². The number of nitrogens with zero attached hydrogens (tertiary/aromatic N) is 1. The Balaban J connectivity index is 0.00000144. The molecule has 0 saturated carbocycles. The molecule has 1 rings (SSSR count). The van der Waals surface area contributed by atoms with Crippen molar-refractivity contribution in [2.75, 3.05) is 0 Å². The van der Waals surface area contributed by atoms with Gasteiger partial charge < -0.3 is 24.0 Å². The molecule has 0 saturated heterocycles. The summed E-state index contributed by atoms with van der Waals surface area (Å²) in [7, 11) is 1.95. The molecule has 13 heavy (non-hydrogen) atoms. The van der Waals surface area contributed by atoms with Crippen molar-refractivity contribution in [1.82, 2.24) is 0 Å². The Morgan fingerprint density at radius 1 is 1.54 bits per heavy atom. The molecule has 0 aromatic carbocycles. The summed E-state index contributed by atoms with van der Waals surface area (Å²) in [6.07, 6.45) is 7.28. The van der Waals surface area contributed by atoms with Gasteiger partial charge in [-0.3, -0.25) is 4.79 Å². The van der Waals surface area contributed by atoms with Gasteiger partial charge in [0.1, 0.15) is 7.05 Å². The number of aryl methyl sites for hydroxylation is 1. The number of hydrogen-bond donors (Lipinski definition) is 0. The highest BCUT2D eigenvalue weighted by Crippen LogP contribution is 1.96. The monoisotopic (exact) mass is 289 g/mol. The van der Waals surface area contributed by atoms with Gasteiger partial charge in [-0.25, -0.2) is 4.57 Å². The summed E-state index contributed by atoms with van der Waals surface area (Å²) in [5.74, 6) is 0.0708. The van der Waals surface area contributed by atoms with Crippen LogP contribution >= 0.6 is 0 Å². The van der Waals surface area contributed by atoms with Gasteiger partial charge >= 0.3 is 0 Å². The molecule has 0 aliphatic carbocycles. The summed E-state index contributed by atoms with van der Waals surface area (Å²) >= 11 is 0. The van der Waals surface area contributed by atoms with Gasteiger partial charge in [-0.2, -0.15) is 0 Å². The maximum atomic E-state index is 10.6. The third-order valence-corrected chi connectivity index (χ3v) is 1.47. The molecular formula is C10H12INO. The summed E-state index contributed by atoms with van der Waals surface area (Å²) in [4.78, 5) is 10.6. The summed E-state index contributed by atoms with van der Waals surface area (Å²) in [6, 6.07) is 3.90. The average Bonchev–Trinajstić information content (AvgIpc) is 2.01. The van der Waals surface area contributed by atoms with Crippen molar-refractivity contribution in [1.29, 1.82) is 0 Å². The first-order chi connectivity index (χ1) is 5.68. The van der Waals surface area contributed by atoms with Crippen molar-refractivity contribution in [3.05, 3.63) is 36.2 Å². The number of pyridine rings is 1. The first-order valence-corrected chi connectivity index (χ1v) is 3.82. The molecule has 0 aliphatic rings. The first kappa shape index (κ1) is 12.3. The second-order valence-corrected chi connectivity index (χ2v) is 2.75. The van der Waals surface area contributed by atoms with Crippen LogP contribution in [0.1, 0.15) is 12.5 Å². The minimum Gasteiger partial charge on any atom is -1.00 e. The zero-order chi connectivity index (χ0) is 8.97. The normalized spacial score (nSPS) is 9.69. The van der Waals surface area contributed by atoms with Crippen molar-refractivity contribution in [3.8, 4) is 0 Å². The number of aromatic nitrogens is 1. The molecule has 0 atom stereocenters. The SMILES string of the molecule is CC(=O)C=Cc1ccc[n+](C)c1.[I-]. The highest BCUT2D eigenvalue weighted by atomic mass is 127. The summed E-state index contributed by atoms with van der Waals surface area (Å²) in [5.41, 5.74) is 1.04. The first-order valence-electron chi connectivity index (χ1n) is 3.82. The highest BCUT2D eigenvalue weighted by Gasteiger charge is 1.92. The molecule has 70 valence electrons. The zero-order valence-electron chi connectivity index (χ0n) is 7.70. The minimum atomic E-state index is 0. The van der Waals surface area contributed by atoms with Gasteiger partial charge in [0.15, 0.2) is 18.2 Å². The van der Waals surface area contributed by atoms with Crippen molar-refractivity contribution in [3.63, 3.8) is 0 Å². The van der Waals surface area contributed by atoms with E-state index in [2.05, 4.69) is 0 Å². The lowest BCUT2D eigenvalue weighted by atomic mass is 10.2. The Morgan fingerprint density at radius 3 is 2.77 bits per heavy atom. The van der Waals surface area contributed by atoms with Crippen LogP contribution in [0.25, 0.3) is 6.08 Å². The van der Waals surface area contributed by atoms with E-state index in [-0.39, 0.29) is 29.8 Å². The fraction of sp³-hybridized carbons (Fsp3) is 0.200. The van der Waals surface area contributed by atoms with Crippen molar-refractivity contribution >= 4 is 11.9 Å². The number of ketones is 1. The summed E-state index contributed by atoms with van der Waals surface area (Å²) in [5, 5.41) is 0. The molecule has 0 spiro atoms. The van der Waals surface area contributed by atoms with Crippen LogP contribution in [0.5, 0.6) is 0 Å². The summed E-state index contributed by atoms with van der Waals surface area (Å²) < 4.78 is 1.94. The molecule has 3 heteroatoms. The second-order valence-electron chi connectivity index (χ2n) is 2.75. The van der Waals surface area contributed by atoms with E-state index in [1.54, 1.807) is 13.0 Å². The molecule has 0 unspecified atom stereocenters. The number of allylic oxidation sites excluding steroid dienone is 1.